The standard InChI is InChI=1S/C22H38O4S/c1-18(2)8-5-9-19(3)10-6-11-20(4)12-7-13-21-14-16-22(17-15-21)26-27(23,24)25/h14-20H,5-13H2,1-4H3,(H,23,24,25)/p-1. The summed E-state index contributed by atoms with van der Waals surface area (Å²) < 4.78 is 36.0. The number of rotatable bonds is 14. The molecule has 27 heavy (non-hydrogen) atoms. The summed E-state index contributed by atoms with van der Waals surface area (Å²) in [5.41, 5.74) is 1.14. The van der Waals surface area contributed by atoms with Gasteiger partial charge in [0.25, 0.3) is 10.4 Å². The summed E-state index contributed by atoms with van der Waals surface area (Å²) in [6.45, 7) is 9.31. The lowest BCUT2D eigenvalue weighted by atomic mass is 9.91. The molecular weight excluding hydrogens is 360 g/mol. The number of hydrogen-bond acceptors (Lipinski definition) is 4. The van der Waals surface area contributed by atoms with Gasteiger partial charge in [-0.3, -0.25) is 0 Å². The van der Waals surface area contributed by atoms with Crippen LogP contribution in [0, 0.1) is 17.8 Å². The first kappa shape index (κ1) is 24.0. The van der Waals surface area contributed by atoms with Crippen LogP contribution in [0.2, 0.25) is 0 Å². The average Bonchev–Trinajstić information content (AvgIpc) is 2.55. The van der Waals surface area contributed by atoms with Crippen LogP contribution in [-0.4, -0.2) is 13.0 Å². The Balaban J connectivity index is 2.15. The van der Waals surface area contributed by atoms with E-state index in [-0.39, 0.29) is 5.75 Å². The van der Waals surface area contributed by atoms with E-state index < -0.39 is 10.4 Å². The molecule has 0 aromatic heterocycles. The van der Waals surface area contributed by atoms with Crippen molar-refractivity contribution in [2.45, 2.75) is 85.5 Å². The molecule has 1 aromatic carbocycles. The van der Waals surface area contributed by atoms with Gasteiger partial charge in [-0.15, -0.1) is 0 Å². The Morgan fingerprint density at radius 2 is 1.30 bits per heavy atom. The van der Waals surface area contributed by atoms with Gasteiger partial charge in [0.2, 0.25) is 0 Å². The van der Waals surface area contributed by atoms with E-state index in [4.69, 9.17) is 0 Å². The first-order valence-electron chi connectivity index (χ1n) is 10.4. The zero-order valence-corrected chi connectivity index (χ0v) is 18.3. The fraction of sp³-hybridized carbons (Fsp3) is 0.727. The molecule has 5 heteroatoms. The molecule has 2 atom stereocenters. The van der Waals surface area contributed by atoms with Crippen LogP contribution in [0.3, 0.4) is 0 Å². The Labute approximate surface area is 166 Å². The van der Waals surface area contributed by atoms with E-state index >= 15 is 0 Å². The van der Waals surface area contributed by atoms with Gasteiger partial charge in [0.15, 0.2) is 0 Å². The SMILES string of the molecule is CC(C)CCCC(C)CCCC(C)CCCc1ccc(OS(=O)(=O)[O-])cc1. The van der Waals surface area contributed by atoms with E-state index in [0.29, 0.717) is 0 Å². The van der Waals surface area contributed by atoms with E-state index in [1.165, 1.54) is 57.1 Å². The van der Waals surface area contributed by atoms with Crippen molar-refractivity contribution in [3.05, 3.63) is 29.8 Å². The van der Waals surface area contributed by atoms with Gasteiger partial charge in [-0.25, -0.2) is 8.42 Å². The quantitative estimate of drug-likeness (QED) is 0.280. The molecule has 0 saturated carbocycles. The van der Waals surface area contributed by atoms with Crippen molar-refractivity contribution < 1.29 is 17.2 Å². The van der Waals surface area contributed by atoms with Gasteiger partial charge in [-0.05, 0) is 48.3 Å². The maximum Gasteiger partial charge on any atom is 0.262 e. The zero-order chi connectivity index (χ0) is 20.3. The Hall–Kier alpha value is -1.07. The van der Waals surface area contributed by atoms with Crippen LogP contribution in [0.15, 0.2) is 24.3 Å². The van der Waals surface area contributed by atoms with Gasteiger partial charge in [-0.1, -0.05) is 84.8 Å². The van der Waals surface area contributed by atoms with Crippen LogP contribution in [0.4, 0.5) is 0 Å². The first-order valence-corrected chi connectivity index (χ1v) is 11.7. The molecule has 0 heterocycles. The molecule has 1 aromatic rings. The lowest BCUT2D eigenvalue weighted by Crippen LogP contribution is -2.06. The predicted octanol–water partition coefficient (Wildman–Crippen LogP) is 6.12. The lowest BCUT2D eigenvalue weighted by molar-refractivity contribution is 0.372. The van der Waals surface area contributed by atoms with Crippen LogP contribution in [0.1, 0.15) is 84.6 Å². The maximum atomic E-state index is 10.6. The Bertz CT molecular complexity index is 608. The Morgan fingerprint density at radius 1 is 0.815 bits per heavy atom. The molecule has 0 saturated heterocycles. The monoisotopic (exact) mass is 397 g/mol. The molecule has 0 radical (unpaired) electrons. The molecule has 0 aliphatic rings. The summed E-state index contributed by atoms with van der Waals surface area (Å²) in [4.78, 5) is 0. The minimum absolute atomic E-state index is 0.0737. The Kier molecular flexibility index (Phi) is 11.0. The van der Waals surface area contributed by atoms with Crippen LogP contribution in [0.5, 0.6) is 5.75 Å². The van der Waals surface area contributed by atoms with Crippen LogP contribution >= 0.6 is 0 Å². The van der Waals surface area contributed by atoms with Crippen molar-refractivity contribution in [2.75, 3.05) is 0 Å². The second-order valence-electron chi connectivity index (χ2n) is 8.49. The van der Waals surface area contributed by atoms with Crippen molar-refractivity contribution in [1.82, 2.24) is 0 Å². The highest BCUT2D eigenvalue weighted by Crippen LogP contribution is 2.22. The Morgan fingerprint density at radius 3 is 1.78 bits per heavy atom. The second-order valence-corrected chi connectivity index (χ2v) is 9.48. The summed E-state index contributed by atoms with van der Waals surface area (Å²) in [6, 6.07) is 6.72. The molecule has 2 unspecified atom stereocenters. The highest BCUT2D eigenvalue weighted by atomic mass is 32.3. The van der Waals surface area contributed by atoms with Crippen LogP contribution in [0.25, 0.3) is 0 Å². The molecule has 0 aliphatic heterocycles. The van der Waals surface area contributed by atoms with Gasteiger partial charge in [0, 0.05) is 0 Å². The third-order valence-corrected chi connectivity index (χ3v) is 5.55. The van der Waals surface area contributed by atoms with Crippen LogP contribution < -0.4 is 4.18 Å². The highest BCUT2D eigenvalue weighted by Gasteiger charge is 2.07. The van der Waals surface area contributed by atoms with E-state index in [2.05, 4.69) is 31.9 Å². The zero-order valence-electron chi connectivity index (χ0n) is 17.4. The van der Waals surface area contributed by atoms with Crippen molar-refractivity contribution in [3.8, 4) is 5.75 Å². The summed E-state index contributed by atoms with van der Waals surface area (Å²) in [7, 11) is -4.69. The van der Waals surface area contributed by atoms with Gasteiger partial charge < -0.3 is 8.74 Å². The summed E-state index contributed by atoms with van der Waals surface area (Å²) in [5, 5.41) is 0. The van der Waals surface area contributed by atoms with Crippen LogP contribution in [-0.2, 0) is 16.8 Å². The van der Waals surface area contributed by atoms with Crippen molar-refractivity contribution in [3.63, 3.8) is 0 Å². The summed E-state index contributed by atoms with van der Waals surface area (Å²) in [6.07, 6.45) is 11.3. The topological polar surface area (TPSA) is 66.4 Å². The maximum absolute atomic E-state index is 10.6. The molecule has 0 N–H and O–H groups in total. The molecule has 0 aliphatic carbocycles. The van der Waals surface area contributed by atoms with E-state index in [9.17, 15) is 13.0 Å². The first-order chi connectivity index (χ1) is 12.7. The number of hydrogen-bond donors (Lipinski definition) is 0. The van der Waals surface area contributed by atoms with E-state index in [0.717, 1.165) is 36.2 Å². The minimum atomic E-state index is -4.69. The molecule has 0 spiro atoms. The van der Waals surface area contributed by atoms with Gasteiger partial charge in [-0.2, -0.15) is 0 Å². The molecular formula is C22H37O4S-. The van der Waals surface area contributed by atoms with Crippen molar-refractivity contribution >= 4 is 10.4 Å². The highest BCUT2D eigenvalue weighted by molar-refractivity contribution is 7.81. The van der Waals surface area contributed by atoms with E-state index in [1.807, 2.05) is 12.1 Å². The fourth-order valence-electron chi connectivity index (χ4n) is 3.46. The smallest absolute Gasteiger partial charge is 0.262 e. The van der Waals surface area contributed by atoms with Gasteiger partial charge in [0.1, 0.15) is 5.75 Å². The molecule has 156 valence electrons. The van der Waals surface area contributed by atoms with Crippen molar-refractivity contribution in [2.24, 2.45) is 17.8 Å². The fourth-order valence-corrected chi connectivity index (χ4v) is 3.81. The molecule has 4 nitrogen and oxygen atoms in total. The average molecular weight is 398 g/mol. The molecule has 0 fully saturated rings. The molecule has 1 rings (SSSR count). The third-order valence-electron chi connectivity index (χ3n) is 5.16. The predicted molar refractivity (Wildman–Crippen MR) is 111 cm³/mol. The number of aryl methyl sites for hydroxylation is 1. The van der Waals surface area contributed by atoms with Gasteiger partial charge >= 0.3 is 0 Å². The summed E-state index contributed by atoms with van der Waals surface area (Å²) >= 11 is 0. The normalized spacial score (nSPS) is 14.3. The van der Waals surface area contributed by atoms with Crippen molar-refractivity contribution in [1.29, 1.82) is 0 Å². The molecule has 0 bridgehead atoms. The van der Waals surface area contributed by atoms with Gasteiger partial charge in [0.05, 0.1) is 0 Å². The lowest BCUT2D eigenvalue weighted by Gasteiger charge is -2.15. The second kappa shape index (κ2) is 12.4. The third kappa shape index (κ3) is 12.9. The largest absolute Gasteiger partial charge is 0.716 e. The summed E-state index contributed by atoms with van der Waals surface area (Å²) in [5.74, 6) is 2.47. The number of benzene rings is 1. The van der Waals surface area contributed by atoms with E-state index in [1.54, 1.807) is 0 Å². The minimum Gasteiger partial charge on any atom is -0.716 e. The molecule has 0 amide bonds.